The molecule has 2 rings (SSSR count). The van der Waals surface area contributed by atoms with E-state index < -0.39 is 19.9 Å². The zero-order valence-electron chi connectivity index (χ0n) is 8.43. The molecule has 0 spiro atoms. The molecule has 0 aliphatic carbocycles. The lowest BCUT2D eigenvalue weighted by molar-refractivity contribution is -0.0739. The van der Waals surface area contributed by atoms with E-state index in [-0.39, 0.29) is 0 Å². The van der Waals surface area contributed by atoms with Crippen molar-refractivity contribution < 1.29 is 23.8 Å². The minimum atomic E-state index is -1.41. The SMILES string of the molecule is OB(OC1C=CC=CO1)OC1C=CC=CO1. The molecule has 2 atom stereocenters. The third kappa shape index (κ3) is 3.27. The molecule has 6 heteroatoms. The molecule has 0 fully saturated rings. The van der Waals surface area contributed by atoms with E-state index in [4.69, 9.17) is 18.8 Å². The standard InChI is InChI=1S/C10H11BO5/c12-11(15-9-5-1-3-7-13-9)16-10-6-2-4-8-14-10/h1-10,12H. The predicted molar refractivity (Wildman–Crippen MR) is 56.4 cm³/mol. The van der Waals surface area contributed by atoms with Gasteiger partial charge in [0.25, 0.3) is 0 Å². The molecule has 0 aromatic carbocycles. The second-order valence-corrected chi connectivity index (χ2v) is 3.02. The summed E-state index contributed by atoms with van der Waals surface area (Å²) in [6.45, 7) is 0. The largest absolute Gasteiger partial charge is 0.642 e. The number of hydrogen-bond donors (Lipinski definition) is 1. The summed E-state index contributed by atoms with van der Waals surface area (Å²) in [6.07, 6.45) is 11.9. The molecule has 2 unspecified atom stereocenters. The Labute approximate surface area is 93.4 Å². The van der Waals surface area contributed by atoms with Gasteiger partial charge < -0.3 is 23.8 Å². The van der Waals surface area contributed by atoms with Crippen molar-refractivity contribution in [1.82, 2.24) is 0 Å². The van der Waals surface area contributed by atoms with Crippen LogP contribution in [0.25, 0.3) is 0 Å². The molecular weight excluding hydrogens is 211 g/mol. The van der Waals surface area contributed by atoms with Gasteiger partial charge in [0, 0.05) is 0 Å². The van der Waals surface area contributed by atoms with E-state index in [9.17, 15) is 5.02 Å². The predicted octanol–water partition coefficient (Wildman–Crippen LogP) is 0.849. The Morgan fingerprint density at radius 3 is 1.75 bits per heavy atom. The van der Waals surface area contributed by atoms with Gasteiger partial charge in [0.2, 0.25) is 12.6 Å². The summed E-state index contributed by atoms with van der Waals surface area (Å²) in [5.74, 6) is 0. The summed E-state index contributed by atoms with van der Waals surface area (Å²) in [4.78, 5) is 0. The van der Waals surface area contributed by atoms with Crippen LogP contribution in [0.5, 0.6) is 0 Å². The summed E-state index contributed by atoms with van der Waals surface area (Å²) in [5.41, 5.74) is 0. The zero-order chi connectivity index (χ0) is 11.2. The monoisotopic (exact) mass is 222 g/mol. The quantitative estimate of drug-likeness (QED) is 0.714. The third-order valence-corrected chi connectivity index (χ3v) is 1.84. The van der Waals surface area contributed by atoms with Crippen LogP contribution >= 0.6 is 0 Å². The van der Waals surface area contributed by atoms with Crippen molar-refractivity contribution in [3.05, 3.63) is 49.0 Å². The van der Waals surface area contributed by atoms with Crippen LogP contribution in [0.15, 0.2) is 49.0 Å². The van der Waals surface area contributed by atoms with Gasteiger partial charge in [0.1, 0.15) is 0 Å². The van der Waals surface area contributed by atoms with Gasteiger partial charge in [-0.25, -0.2) is 0 Å². The molecule has 0 saturated carbocycles. The highest BCUT2D eigenvalue weighted by atomic mass is 16.8. The highest BCUT2D eigenvalue weighted by Gasteiger charge is 2.25. The lowest BCUT2D eigenvalue weighted by Gasteiger charge is -2.20. The van der Waals surface area contributed by atoms with Gasteiger partial charge in [-0.3, -0.25) is 0 Å². The van der Waals surface area contributed by atoms with E-state index in [1.807, 2.05) is 0 Å². The maximum atomic E-state index is 9.43. The Hall–Kier alpha value is -1.50. The van der Waals surface area contributed by atoms with Crippen molar-refractivity contribution in [3.63, 3.8) is 0 Å². The molecule has 0 saturated heterocycles. The molecule has 0 radical (unpaired) electrons. The van der Waals surface area contributed by atoms with Crippen molar-refractivity contribution in [2.45, 2.75) is 12.6 Å². The summed E-state index contributed by atoms with van der Waals surface area (Å²) < 4.78 is 20.1. The normalized spacial score (nSPS) is 26.3. The first-order chi connectivity index (χ1) is 7.84. The first kappa shape index (κ1) is 11.0. The average molecular weight is 222 g/mol. The Balaban J connectivity index is 1.73. The minimum absolute atomic E-state index is 0.650. The molecule has 0 bridgehead atoms. The summed E-state index contributed by atoms with van der Waals surface area (Å²) in [5, 5.41) is 9.43. The van der Waals surface area contributed by atoms with E-state index >= 15 is 0 Å². The van der Waals surface area contributed by atoms with Crippen LogP contribution in [0.4, 0.5) is 0 Å². The van der Waals surface area contributed by atoms with E-state index in [1.54, 1.807) is 36.5 Å². The summed E-state index contributed by atoms with van der Waals surface area (Å²) in [6, 6.07) is 0. The van der Waals surface area contributed by atoms with Gasteiger partial charge >= 0.3 is 7.32 Å². The third-order valence-electron chi connectivity index (χ3n) is 1.84. The molecular formula is C10H11BO5. The first-order valence-electron chi connectivity index (χ1n) is 4.81. The molecule has 5 nitrogen and oxygen atoms in total. The van der Waals surface area contributed by atoms with Gasteiger partial charge in [-0.2, -0.15) is 0 Å². The molecule has 0 amide bonds. The van der Waals surface area contributed by atoms with E-state index in [0.717, 1.165) is 0 Å². The molecule has 84 valence electrons. The first-order valence-corrected chi connectivity index (χ1v) is 4.81. The van der Waals surface area contributed by atoms with Crippen LogP contribution in [-0.2, 0) is 18.8 Å². The van der Waals surface area contributed by atoms with Crippen molar-refractivity contribution in [2.75, 3.05) is 0 Å². The van der Waals surface area contributed by atoms with Crippen LogP contribution in [0.1, 0.15) is 0 Å². The minimum Gasteiger partial charge on any atom is -0.470 e. The van der Waals surface area contributed by atoms with Crippen LogP contribution in [0, 0.1) is 0 Å². The van der Waals surface area contributed by atoms with Gasteiger partial charge in [-0.1, -0.05) is 12.2 Å². The van der Waals surface area contributed by atoms with E-state index in [2.05, 4.69) is 0 Å². The lowest BCUT2D eigenvalue weighted by atomic mass is 10.2. The fourth-order valence-electron chi connectivity index (χ4n) is 1.15. The zero-order valence-corrected chi connectivity index (χ0v) is 8.43. The number of ether oxygens (including phenoxy) is 2. The topological polar surface area (TPSA) is 57.2 Å². The molecule has 2 aliphatic heterocycles. The highest BCUT2D eigenvalue weighted by molar-refractivity contribution is 6.34. The van der Waals surface area contributed by atoms with Gasteiger partial charge in [-0.15, -0.1) is 0 Å². The number of rotatable bonds is 4. The maximum absolute atomic E-state index is 9.43. The molecule has 1 N–H and O–H groups in total. The molecule has 0 aromatic rings. The Bertz CT molecular complexity index is 304. The molecule has 2 aliphatic rings. The van der Waals surface area contributed by atoms with Crippen molar-refractivity contribution in [1.29, 1.82) is 0 Å². The van der Waals surface area contributed by atoms with Crippen molar-refractivity contribution in [3.8, 4) is 0 Å². The van der Waals surface area contributed by atoms with Gasteiger partial charge in [-0.05, 0) is 24.3 Å². The second kappa shape index (κ2) is 5.55. The fourth-order valence-corrected chi connectivity index (χ4v) is 1.15. The Morgan fingerprint density at radius 2 is 1.38 bits per heavy atom. The molecule has 16 heavy (non-hydrogen) atoms. The highest BCUT2D eigenvalue weighted by Crippen LogP contribution is 2.09. The smallest absolute Gasteiger partial charge is 0.470 e. The Morgan fingerprint density at radius 1 is 0.875 bits per heavy atom. The van der Waals surface area contributed by atoms with Crippen LogP contribution < -0.4 is 0 Å². The van der Waals surface area contributed by atoms with Crippen LogP contribution in [0.3, 0.4) is 0 Å². The van der Waals surface area contributed by atoms with Crippen LogP contribution in [0.2, 0.25) is 0 Å². The second-order valence-electron chi connectivity index (χ2n) is 3.02. The van der Waals surface area contributed by atoms with E-state index in [0.29, 0.717) is 0 Å². The summed E-state index contributed by atoms with van der Waals surface area (Å²) in [7, 11) is -1.41. The maximum Gasteiger partial charge on any atom is 0.642 e. The van der Waals surface area contributed by atoms with Crippen molar-refractivity contribution >= 4 is 7.32 Å². The number of hydrogen-bond acceptors (Lipinski definition) is 5. The number of allylic oxidation sites excluding steroid dienone is 4. The molecule has 0 aromatic heterocycles. The average Bonchev–Trinajstić information content (AvgIpc) is 2.31. The van der Waals surface area contributed by atoms with Gasteiger partial charge in [0.05, 0.1) is 12.5 Å². The summed E-state index contributed by atoms with van der Waals surface area (Å²) >= 11 is 0. The van der Waals surface area contributed by atoms with Crippen LogP contribution in [-0.4, -0.2) is 24.9 Å². The molecule has 2 heterocycles. The van der Waals surface area contributed by atoms with Gasteiger partial charge in [0.15, 0.2) is 0 Å². The Kier molecular flexibility index (Phi) is 3.82. The van der Waals surface area contributed by atoms with E-state index in [1.165, 1.54) is 12.5 Å². The fraction of sp³-hybridized carbons (Fsp3) is 0.200. The lowest BCUT2D eigenvalue weighted by Crippen LogP contribution is -2.33. The van der Waals surface area contributed by atoms with Crippen molar-refractivity contribution in [2.24, 2.45) is 0 Å².